The number of hydrogen-bond donors (Lipinski definition) is 2. The maximum absolute atomic E-state index is 12.7. The molecule has 2 N–H and O–H groups in total. The SMILES string of the molecule is CCNC(=NCC1(C)CCCO1)NCC#Cc1cccc(C(F)(F)F)c1. The van der Waals surface area contributed by atoms with Crippen molar-refractivity contribution in [3.8, 4) is 11.8 Å². The molecule has 7 heteroatoms. The number of rotatable bonds is 4. The van der Waals surface area contributed by atoms with E-state index in [0.717, 1.165) is 31.6 Å². The molecule has 0 spiro atoms. The van der Waals surface area contributed by atoms with E-state index in [-0.39, 0.29) is 12.1 Å². The third-order valence-corrected chi connectivity index (χ3v) is 3.98. The summed E-state index contributed by atoms with van der Waals surface area (Å²) in [6.07, 6.45) is -2.34. The molecule has 0 aliphatic carbocycles. The summed E-state index contributed by atoms with van der Waals surface area (Å²) >= 11 is 0. The maximum atomic E-state index is 12.7. The van der Waals surface area contributed by atoms with Crippen molar-refractivity contribution in [3.63, 3.8) is 0 Å². The van der Waals surface area contributed by atoms with Crippen LogP contribution in [-0.4, -0.2) is 37.8 Å². The van der Waals surface area contributed by atoms with Crippen LogP contribution in [0.4, 0.5) is 13.2 Å². The van der Waals surface area contributed by atoms with Crippen molar-refractivity contribution in [2.24, 2.45) is 4.99 Å². The Hall–Kier alpha value is -2.20. The number of ether oxygens (including phenoxy) is 1. The minimum Gasteiger partial charge on any atom is -0.373 e. The molecular weight excluding hydrogens is 343 g/mol. The topological polar surface area (TPSA) is 45.7 Å². The van der Waals surface area contributed by atoms with E-state index in [2.05, 4.69) is 27.5 Å². The Labute approximate surface area is 152 Å². The van der Waals surface area contributed by atoms with Crippen molar-refractivity contribution < 1.29 is 17.9 Å². The molecule has 1 unspecified atom stereocenters. The van der Waals surface area contributed by atoms with Crippen molar-refractivity contribution in [3.05, 3.63) is 35.4 Å². The number of guanidine groups is 1. The van der Waals surface area contributed by atoms with E-state index in [1.165, 1.54) is 6.07 Å². The van der Waals surface area contributed by atoms with E-state index in [0.29, 0.717) is 24.6 Å². The van der Waals surface area contributed by atoms with Gasteiger partial charge in [-0.1, -0.05) is 17.9 Å². The summed E-state index contributed by atoms with van der Waals surface area (Å²) in [4.78, 5) is 4.51. The molecule has 1 aromatic rings. The van der Waals surface area contributed by atoms with Gasteiger partial charge in [0.05, 0.1) is 24.3 Å². The van der Waals surface area contributed by atoms with Crippen LogP contribution < -0.4 is 10.6 Å². The van der Waals surface area contributed by atoms with Crippen molar-refractivity contribution >= 4 is 5.96 Å². The Kier molecular flexibility index (Phi) is 6.92. The van der Waals surface area contributed by atoms with Gasteiger partial charge in [0.25, 0.3) is 0 Å². The number of halogens is 3. The van der Waals surface area contributed by atoms with Crippen LogP contribution in [0, 0.1) is 11.8 Å². The smallest absolute Gasteiger partial charge is 0.373 e. The van der Waals surface area contributed by atoms with Gasteiger partial charge in [-0.3, -0.25) is 4.99 Å². The minimum absolute atomic E-state index is 0.230. The van der Waals surface area contributed by atoms with Crippen molar-refractivity contribution in [2.45, 2.75) is 38.5 Å². The minimum atomic E-state index is -4.36. The zero-order valence-corrected chi connectivity index (χ0v) is 15.0. The van der Waals surface area contributed by atoms with Gasteiger partial charge in [0, 0.05) is 18.7 Å². The Bertz CT molecular complexity index is 683. The van der Waals surface area contributed by atoms with Gasteiger partial charge in [-0.05, 0) is 44.9 Å². The van der Waals surface area contributed by atoms with Crippen LogP contribution in [0.15, 0.2) is 29.3 Å². The van der Waals surface area contributed by atoms with Gasteiger partial charge in [0.2, 0.25) is 0 Å². The van der Waals surface area contributed by atoms with E-state index >= 15 is 0 Å². The number of hydrogen-bond acceptors (Lipinski definition) is 2. The first-order chi connectivity index (χ1) is 12.3. The lowest BCUT2D eigenvalue weighted by Gasteiger charge is -2.21. The zero-order valence-electron chi connectivity index (χ0n) is 15.0. The second-order valence-electron chi connectivity index (χ2n) is 6.33. The van der Waals surface area contributed by atoms with Crippen molar-refractivity contribution in [2.75, 3.05) is 26.2 Å². The van der Waals surface area contributed by atoms with Crippen LogP contribution in [-0.2, 0) is 10.9 Å². The van der Waals surface area contributed by atoms with Crippen LogP contribution in [0.2, 0.25) is 0 Å². The van der Waals surface area contributed by atoms with Gasteiger partial charge in [0.1, 0.15) is 0 Å². The Morgan fingerprint density at radius 2 is 2.15 bits per heavy atom. The molecule has 0 radical (unpaired) electrons. The molecule has 1 aliphatic rings. The second kappa shape index (κ2) is 8.95. The van der Waals surface area contributed by atoms with Gasteiger partial charge >= 0.3 is 6.18 Å². The molecular formula is C19H24F3N3O. The van der Waals surface area contributed by atoms with E-state index in [1.54, 1.807) is 6.07 Å². The molecule has 0 amide bonds. The number of nitrogens with one attached hydrogen (secondary N) is 2. The van der Waals surface area contributed by atoms with Crippen molar-refractivity contribution in [1.29, 1.82) is 0 Å². The van der Waals surface area contributed by atoms with Crippen LogP contribution in [0.25, 0.3) is 0 Å². The quantitative estimate of drug-likeness (QED) is 0.488. The molecule has 1 saturated heterocycles. The fourth-order valence-corrected chi connectivity index (χ4v) is 2.60. The lowest BCUT2D eigenvalue weighted by Crippen LogP contribution is -2.39. The highest BCUT2D eigenvalue weighted by molar-refractivity contribution is 5.80. The molecule has 4 nitrogen and oxygen atoms in total. The summed E-state index contributed by atoms with van der Waals surface area (Å²) in [7, 11) is 0. The Morgan fingerprint density at radius 1 is 1.35 bits per heavy atom. The highest BCUT2D eigenvalue weighted by Gasteiger charge is 2.30. The lowest BCUT2D eigenvalue weighted by molar-refractivity contribution is -0.137. The second-order valence-corrected chi connectivity index (χ2v) is 6.33. The molecule has 1 heterocycles. The molecule has 1 aliphatic heterocycles. The van der Waals surface area contributed by atoms with Gasteiger partial charge in [-0.15, -0.1) is 0 Å². The standard InChI is InChI=1S/C19H24F3N3O/c1-3-23-17(25-14-18(2)10-6-12-26-18)24-11-5-8-15-7-4-9-16(13-15)19(20,21)22/h4,7,9,13H,3,6,10-12,14H2,1-2H3,(H2,23,24,25). The van der Waals surface area contributed by atoms with Gasteiger partial charge < -0.3 is 15.4 Å². The average molecular weight is 367 g/mol. The number of alkyl halides is 3. The van der Waals surface area contributed by atoms with Crippen LogP contribution in [0.3, 0.4) is 0 Å². The predicted octanol–water partition coefficient (Wildman–Crippen LogP) is 3.18. The summed E-state index contributed by atoms with van der Waals surface area (Å²) < 4.78 is 43.8. The first kappa shape index (κ1) is 20.1. The number of aliphatic imine (C=N–C) groups is 1. The van der Waals surface area contributed by atoms with E-state index in [4.69, 9.17) is 4.74 Å². The highest BCUT2D eigenvalue weighted by Crippen LogP contribution is 2.29. The molecule has 142 valence electrons. The molecule has 1 atom stereocenters. The van der Waals surface area contributed by atoms with E-state index in [9.17, 15) is 13.2 Å². The largest absolute Gasteiger partial charge is 0.416 e. The van der Waals surface area contributed by atoms with Crippen LogP contribution in [0.1, 0.15) is 37.8 Å². The number of benzene rings is 1. The summed E-state index contributed by atoms with van der Waals surface area (Å²) in [5.74, 6) is 6.18. The van der Waals surface area contributed by atoms with Crippen LogP contribution in [0.5, 0.6) is 0 Å². The zero-order chi connectivity index (χ0) is 19.0. The van der Waals surface area contributed by atoms with Gasteiger partial charge in [-0.2, -0.15) is 13.2 Å². The Morgan fingerprint density at radius 3 is 2.81 bits per heavy atom. The predicted molar refractivity (Wildman–Crippen MR) is 95.9 cm³/mol. The monoisotopic (exact) mass is 367 g/mol. The Balaban J connectivity index is 1.93. The van der Waals surface area contributed by atoms with E-state index in [1.807, 2.05) is 13.8 Å². The third-order valence-electron chi connectivity index (χ3n) is 3.98. The molecule has 1 aromatic carbocycles. The lowest BCUT2D eigenvalue weighted by atomic mass is 10.0. The van der Waals surface area contributed by atoms with E-state index < -0.39 is 11.7 Å². The normalized spacial score (nSPS) is 20.4. The van der Waals surface area contributed by atoms with Gasteiger partial charge in [-0.25, -0.2) is 0 Å². The first-order valence-electron chi connectivity index (χ1n) is 8.65. The molecule has 1 fully saturated rings. The third kappa shape index (κ3) is 6.26. The summed E-state index contributed by atoms with van der Waals surface area (Å²) in [5.41, 5.74) is -0.598. The highest BCUT2D eigenvalue weighted by atomic mass is 19.4. The first-order valence-corrected chi connectivity index (χ1v) is 8.65. The molecule has 0 aromatic heterocycles. The molecule has 0 bridgehead atoms. The summed E-state index contributed by atoms with van der Waals surface area (Å²) in [5, 5.41) is 6.18. The van der Waals surface area contributed by atoms with Crippen LogP contribution >= 0.6 is 0 Å². The fourth-order valence-electron chi connectivity index (χ4n) is 2.60. The molecule has 26 heavy (non-hydrogen) atoms. The summed E-state index contributed by atoms with van der Waals surface area (Å²) in [6.45, 7) is 6.28. The maximum Gasteiger partial charge on any atom is 0.416 e. The number of nitrogens with zero attached hydrogens (tertiary/aromatic N) is 1. The van der Waals surface area contributed by atoms with Crippen molar-refractivity contribution in [1.82, 2.24) is 10.6 Å². The fraction of sp³-hybridized carbons (Fsp3) is 0.526. The summed E-state index contributed by atoms with van der Waals surface area (Å²) in [6, 6.07) is 4.99. The molecule has 2 rings (SSSR count). The molecule has 0 saturated carbocycles. The van der Waals surface area contributed by atoms with Gasteiger partial charge in [0.15, 0.2) is 5.96 Å². The average Bonchev–Trinajstić information content (AvgIpc) is 3.03.